The minimum absolute atomic E-state index is 0.134. The fourth-order valence-electron chi connectivity index (χ4n) is 2.99. The second-order valence-electron chi connectivity index (χ2n) is 5.86. The monoisotopic (exact) mass is 383 g/mol. The van der Waals surface area contributed by atoms with Crippen molar-refractivity contribution in [3.63, 3.8) is 0 Å². The van der Waals surface area contributed by atoms with E-state index in [2.05, 4.69) is 15.9 Å². The van der Waals surface area contributed by atoms with Crippen molar-refractivity contribution >= 4 is 27.8 Å². The van der Waals surface area contributed by atoms with Crippen molar-refractivity contribution in [2.75, 3.05) is 13.7 Å². The van der Waals surface area contributed by atoms with Crippen LogP contribution in [0.4, 0.5) is 0 Å². The van der Waals surface area contributed by atoms with Gasteiger partial charge in [0.1, 0.15) is 5.75 Å². The molecule has 1 heterocycles. The van der Waals surface area contributed by atoms with Crippen molar-refractivity contribution in [1.29, 1.82) is 0 Å². The number of carbonyl (C=O) groups excluding carboxylic acids is 2. The van der Waals surface area contributed by atoms with E-state index in [0.29, 0.717) is 15.8 Å². The Balaban J connectivity index is 1.95. The molecule has 1 aromatic carbocycles. The molecule has 23 heavy (non-hydrogen) atoms. The third kappa shape index (κ3) is 4.25. The van der Waals surface area contributed by atoms with E-state index in [-0.39, 0.29) is 24.6 Å². The molecule has 0 aliphatic carbocycles. The van der Waals surface area contributed by atoms with Gasteiger partial charge < -0.3 is 14.4 Å². The normalized spacial score (nSPS) is 21.0. The minimum atomic E-state index is -0.515. The van der Waals surface area contributed by atoms with Crippen molar-refractivity contribution in [3.05, 3.63) is 28.2 Å². The van der Waals surface area contributed by atoms with Crippen molar-refractivity contribution in [1.82, 2.24) is 4.90 Å². The first-order valence-corrected chi connectivity index (χ1v) is 8.55. The Morgan fingerprint density at radius 3 is 2.48 bits per heavy atom. The van der Waals surface area contributed by atoms with Gasteiger partial charge in [0.05, 0.1) is 17.1 Å². The van der Waals surface area contributed by atoms with Gasteiger partial charge in [0.25, 0.3) is 5.91 Å². The third-order valence-corrected chi connectivity index (χ3v) is 4.82. The van der Waals surface area contributed by atoms with E-state index in [9.17, 15) is 9.59 Å². The maximum atomic E-state index is 12.3. The van der Waals surface area contributed by atoms with E-state index in [0.717, 1.165) is 19.3 Å². The zero-order chi connectivity index (χ0) is 17.0. The van der Waals surface area contributed by atoms with Crippen LogP contribution < -0.4 is 4.74 Å². The number of nitrogens with zero attached hydrogens (tertiary/aromatic N) is 1. The molecule has 126 valence electrons. The number of likely N-dealkylation sites (tertiary alicyclic amines) is 1. The van der Waals surface area contributed by atoms with Crippen LogP contribution in [-0.2, 0) is 9.53 Å². The van der Waals surface area contributed by atoms with Crippen LogP contribution in [-0.4, -0.2) is 42.6 Å². The largest absolute Gasteiger partial charge is 0.496 e. The number of rotatable bonds is 4. The molecule has 2 rings (SSSR count). The Morgan fingerprint density at radius 1 is 1.26 bits per heavy atom. The number of ether oxygens (including phenoxy) is 2. The van der Waals surface area contributed by atoms with Gasteiger partial charge in [-0.25, -0.2) is 4.79 Å². The van der Waals surface area contributed by atoms with Crippen molar-refractivity contribution in [2.24, 2.45) is 0 Å². The van der Waals surface area contributed by atoms with Gasteiger partial charge in [-0.3, -0.25) is 4.79 Å². The summed E-state index contributed by atoms with van der Waals surface area (Å²) in [6.07, 6.45) is 3.12. The van der Waals surface area contributed by atoms with Gasteiger partial charge in [0.2, 0.25) is 0 Å². The SMILES string of the molecule is COc1ccc(C(=O)OCC(=O)N2[C@@H](C)CCC[C@@H]2C)cc1Br. The summed E-state index contributed by atoms with van der Waals surface area (Å²) >= 11 is 3.33. The third-order valence-electron chi connectivity index (χ3n) is 4.20. The minimum Gasteiger partial charge on any atom is -0.496 e. The Labute approximate surface area is 145 Å². The topological polar surface area (TPSA) is 55.8 Å². The summed E-state index contributed by atoms with van der Waals surface area (Å²) in [6, 6.07) is 5.30. The highest BCUT2D eigenvalue weighted by molar-refractivity contribution is 9.10. The number of esters is 1. The number of piperidine rings is 1. The van der Waals surface area contributed by atoms with Crippen LogP contribution in [0.5, 0.6) is 5.75 Å². The number of hydrogen-bond donors (Lipinski definition) is 0. The average molecular weight is 384 g/mol. The summed E-state index contributed by atoms with van der Waals surface area (Å²) in [5, 5.41) is 0. The molecular formula is C17H22BrNO4. The highest BCUT2D eigenvalue weighted by Gasteiger charge is 2.29. The lowest BCUT2D eigenvalue weighted by atomic mass is 9.97. The first-order valence-electron chi connectivity index (χ1n) is 7.76. The molecule has 1 aliphatic heterocycles. The lowest BCUT2D eigenvalue weighted by Gasteiger charge is -2.38. The maximum absolute atomic E-state index is 12.3. The molecule has 2 atom stereocenters. The fraction of sp³-hybridized carbons (Fsp3) is 0.529. The quantitative estimate of drug-likeness (QED) is 0.747. The zero-order valence-corrected chi connectivity index (χ0v) is 15.3. The zero-order valence-electron chi connectivity index (χ0n) is 13.7. The van der Waals surface area contributed by atoms with E-state index >= 15 is 0 Å². The second-order valence-corrected chi connectivity index (χ2v) is 6.71. The molecule has 1 aliphatic rings. The summed E-state index contributed by atoms with van der Waals surface area (Å²) < 4.78 is 11.0. The first kappa shape index (κ1) is 17.8. The molecule has 0 unspecified atom stereocenters. The van der Waals surface area contributed by atoms with E-state index in [1.807, 2.05) is 18.7 Å². The van der Waals surface area contributed by atoms with Crippen molar-refractivity contribution < 1.29 is 19.1 Å². The van der Waals surface area contributed by atoms with Crippen LogP contribution in [0.1, 0.15) is 43.5 Å². The van der Waals surface area contributed by atoms with Crippen LogP contribution in [0.25, 0.3) is 0 Å². The smallest absolute Gasteiger partial charge is 0.338 e. The van der Waals surface area contributed by atoms with Gasteiger partial charge in [-0.2, -0.15) is 0 Å². The molecule has 0 N–H and O–H groups in total. The highest BCUT2D eigenvalue weighted by Crippen LogP contribution is 2.26. The number of amides is 1. The summed E-state index contributed by atoms with van der Waals surface area (Å²) in [5.74, 6) is -0.0155. The lowest BCUT2D eigenvalue weighted by Crippen LogP contribution is -2.49. The average Bonchev–Trinajstić information content (AvgIpc) is 2.52. The molecular weight excluding hydrogens is 362 g/mol. The van der Waals surface area contributed by atoms with Gasteiger partial charge in [-0.15, -0.1) is 0 Å². The molecule has 0 bridgehead atoms. The lowest BCUT2D eigenvalue weighted by molar-refractivity contribution is -0.140. The summed E-state index contributed by atoms with van der Waals surface area (Å²) in [4.78, 5) is 26.3. The number of methoxy groups -OCH3 is 1. The standard InChI is InChI=1S/C17H22BrNO4/c1-11-5-4-6-12(2)19(11)16(20)10-23-17(21)13-7-8-15(22-3)14(18)9-13/h7-9,11-12H,4-6,10H2,1-3H3/t11-,12-/m0/s1. The molecule has 0 saturated carbocycles. The molecule has 0 radical (unpaired) electrons. The van der Waals surface area contributed by atoms with Crippen LogP contribution >= 0.6 is 15.9 Å². The van der Waals surface area contributed by atoms with Crippen LogP contribution in [0.3, 0.4) is 0 Å². The number of benzene rings is 1. The Kier molecular flexibility index (Phi) is 6.04. The maximum Gasteiger partial charge on any atom is 0.338 e. The van der Waals surface area contributed by atoms with Gasteiger partial charge in [-0.1, -0.05) is 0 Å². The molecule has 1 saturated heterocycles. The molecule has 1 fully saturated rings. The van der Waals surface area contributed by atoms with Gasteiger partial charge >= 0.3 is 5.97 Å². The Morgan fingerprint density at radius 2 is 1.91 bits per heavy atom. The van der Waals surface area contributed by atoms with E-state index in [1.165, 1.54) is 0 Å². The highest BCUT2D eigenvalue weighted by atomic mass is 79.9. The van der Waals surface area contributed by atoms with Gasteiger partial charge in [-0.05, 0) is 67.2 Å². The predicted octanol–water partition coefficient (Wildman–Crippen LogP) is 3.40. The molecule has 5 nitrogen and oxygen atoms in total. The summed E-state index contributed by atoms with van der Waals surface area (Å²) in [5.41, 5.74) is 0.380. The second kappa shape index (κ2) is 7.81. The van der Waals surface area contributed by atoms with Gasteiger partial charge in [0.15, 0.2) is 6.61 Å². The molecule has 6 heteroatoms. The van der Waals surface area contributed by atoms with Crippen LogP contribution in [0, 0.1) is 0 Å². The number of hydrogen-bond acceptors (Lipinski definition) is 4. The molecule has 0 spiro atoms. The first-order chi connectivity index (χ1) is 10.9. The Hall–Kier alpha value is -1.56. The van der Waals surface area contributed by atoms with Crippen LogP contribution in [0.15, 0.2) is 22.7 Å². The molecule has 1 aromatic rings. The summed E-state index contributed by atoms with van der Waals surface area (Å²) in [7, 11) is 1.55. The molecule has 1 amide bonds. The van der Waals surface area contributed by atoms with Crippen LogP contribution in [0.2, 0.25) is 0 Å². The van der Waals surface area contributed by atoms with E-state index in [4.69, 9.17) is 9.47 Å². The van der Waals surface area contributed by atoms with Gasteiger partial charge in [0, 0.05) is 12.1 Å². The van der Waals surface area contributed by atoms with Crippen molar-refractivity contribution in [2.45, 2.75) is 45.2 Å². The predicted molar refractivity (Wildman–Crippen MR) is 90.6 cm³/mol. The Bertz CT molecular complexity index is 580. The molecule has 0 aromatic heterocycles. The van der Waals surface area contributed by atoms with E-state index < -0.39 is 5.97 Å². The van der Waals surface area contributed by atoms with Crippen molar-refractivity contribution in [3.8, 4) is 5.75 Å². The summed E-state index contributed by atoms with van der Waals surface area (Å²) in [6.45, 7) is 3.85. The number of carbonyl (C=O) groups is 2. The number of halogens is 1. The van der Waals surface area contributed by atoms with E-state index in [1.54, 1.807) is 25.3 Å². The fourth-order valence-corrected chi connectivity index (χ4v) is 3.53.